The van der Waals surface area contributed by atoms with Gasteiger partial charge in [-0.2, -0.15) is 5.01 Å². The number of hydrogen-bond acceptors (Lipinski definition) is 3. The van der Waals surface area contributed by atoms with E-state index in [9.17, 15) is 14.4 Å². The highest BCUT2D eigenvalue weighted by atomic mass is 16.2. The van der Waals surface area contributed by atoms with Crippen LogP contribution in [0.25, 0.3) is 0 Å². The first-order valence-electron chi connectivity index (χ1n) is 9.21. The summed E-state index contributed by atoms with van der Waals surface area (Å²) >= 11 is 0. The van der Waals surface area contributed by atoms with Gasteiger partial charge in [-0.1, -0.05) is 32.4 Å². The van der Waals surface area contributed by atoms with E-state index in [0.717, 1.165) is 17.9 Å². The molecule has 3 aliphatic rings. The standard InChI is InChI=1S/C19H29N3O3/c1-11(2)10-13-14(18(13,4)5)15(23)21-22-16(24)19(20-17(22)25)8-6-12(3)7-9-19/h10,12-14H,6-9H2,1-5H3,(H,20,25)(H,21,23)/t12?,13-,14+,19?/m0/s1. The molecule has 0 radical (unpaired) electrons. The summed E-state index contributed by atoms with van der Waals surface area (Å²) in [5.74, 6) is -0.0723. The van der Waals surface area contributed by atoms with Crippen molar-refractivity contribution in [3.05, 3.63) is 11.6 Å². The molecule has 0 bridgehead atoms. The molecule has 0 aromatic heterocycles. The molecule has 0 unspecified atom stereocenters. The van der Waals surface area contributed by atoms with Crippen molar-refractivity contribution in [2.24, 2.45) is 23.2 Å². The fourth-order valence-electron chi connectivity index (χ4n) is 4.34. The molecule has 6 heteroatoms. The van der Waals surface area contributed by atoms with Gasteiger partial charge in [0.05, 0.1) is 5.92 Å². The molecule has 2 aliphatic carbocycles. The van der Waals surface area contributed by atoms with Crippen LogP contribution in [0, 0.1) is 23.2 Å². The molecule has 1 aliphatic heterocycles. The fraction of sp³-hybridized carbons (Fsp3) is 0.737. The first-order valence-corrected chi connectivity index (χ1v) is 9.21. The van der Waals surface area contributed by atoms with E-state index in [1.165, 1.54) is 5.57 Å². The lowest BCUT2D eigenvalue weighted by atomic mass is 9.77. The van der Waals surface area contributed by atoms with Gasteiger partial charge in [0.2, 0.25) is 5.91 Å². The number of imide groups is 1. The van der Waals surface area contributed by atoms with E-state index in [1.807, 2.05) is 27.7 Å². The van der Waals surface area contributed by atoms with Crippen LogP contribution in [0.4, 0.5) is 4.79 Å². The smallest absolute Gasteiger partial charge is 0.322 e. The highest BCUT2D eigenvalue weighted by Crippen LogP contribution is 2.59. The Balaban J connectivity index is 1.69. The summed E-state index contributed by atoms with van der Waals surface area (Å²) in [7, 11) is 0. The van der Waals surface area contributed by atoms with E-state index in [0.29, 0.717) is 18.8 Å². The highest BCUT2D eigenvalue weighted by molar-refractivity contribution is 6.08. The van der Waals surface area contributed by atoms with Crippen LogP contribution in [-0.2, 0) is 9.59 Å². The number of hydrogen-bond donors (Lipinski definition) is 2. The molecule has 4 amide bonds. The van der Waals surface area contributed by atoms with E-state index in [1.54, 1.807) is 0 Å². The van der Waals surface area contributed by atoms with Crippen LogP contribution < -0.4 is 10.7 Å². The largest absolute Gasteiger partial charge is 0.344 e. The maximum atomic E-state index is 12.8. The van der Waals surface area contributed by atoms with Crippen molar-refractivity contribution < 1.29 is 14.4 Å². The zero-order valence-electron chi connectivity index (χ0n) is 15.8. The number of rotatable bonds is 3. The number of nitrogens with zero attached hydrogens (tertiary/aromatic N) is 1. The monoisotopic (exact) mass is 347 g/mol. The normalized spacial score (nSPS) is 30.2. The molecule has 6 nitrogen and oxygen atoms in total. The summed E-state index contributed by atoms with van der Waals surface area (Å²) in [4.78, 5) is 37.8. The number of carbonyl (C=O) groups is 3. The molecule has 3 fully saturated rings. The Morgan fingerprint density at radius 2 is 1.84 bits per heavy atom. The van der Waals surface area contributed by atoms with Gasteiger partial charge in [0.1, 0.15) is 5.54 Å². The quantitative estimate of drug-likeness (QED) is 0.609. The van der Waals surface area contributed by atoms with Crippen LogP contribution in [0.3, 0.4) is 0 Å². The summed E-state index contributed by atoms with van der Waals surface area (Å²) in [6.45, 7) is 10.3. The van der Waals surface area contributed by atoms with Gasteiger partial charge in [0, 0.05) is 0 Å². The van der Waals surface area contributed by atoms with E-state index >= 15 is 0 Å². The maximum absolute atomic E-state index is 12.8. The van der Waals surface area contributed by atoms with Crippen LogP contribution in [0.1, 0.15) is 60.3 Å². The number of allylic oxidation sites excluding steroid dienone is 2. The minimum absolute atomic E-state index is 0.141. The SMILES string of the molecule is CC(C)=C[C@H]1[C@H](C(=O)NN2C(=O)NC3(CCC(C)CC3)C2=O)C1(C)C. The Hall–Kier alpha value is -1.85. The Kier molecular flexibility index (Phi) is 4.20. The van der Waals surface area contributed by atoms with E-state index in [2.05, 4.69) is 23.7 Å². The van der Waals surface area contributed by atoms with Gasteiger partial charge in [0.25, 0.3) is 5.91 Å². The van der Waals surface area contributed by atoms with Gasteiger partial charge < -0.3 is 5.32 Å². The molecule has 2 saturated carbocycles. The number of amides is 4. The minimum atomic E-state index is -0.824. The average molecular weight is 347 g/mol. The Morgan fingerprint density at radius 1 is 1.24 bits per heavy atom. The zero-order chi connectivity index (χ0) is 18.6. The second-order valence-electron chi connectivity index (χ2n) is 8.88. The van der Waals surface area contributed by atoms with E-state index in [-0.39, 0.29) is 29.1 Å². The number of nitrogens with one attached hydrogen (secondary N) is 2. The van der Waals surface area contributed by atoms with Crippen LogP contribution in [-0.4, -0.2) is 28.4 Å². The van der Waals surface area contributed by atoms with E-state index < -0.39 is 11.6 Å². The zero-order valence-corrected chi connectivity index (χ0v) is 15.8. The number of hydrazine groups is 1. The van der Waals surface area contributed by atoms with Crippen molar-refractivity contribution in [1.82, 2.24) is 15.8 Å². The minimum Gasteiger partial charge on any atom is -0.322 e. The van der Waals surface area contributed by atoms with Gasteiger partial charge in [-0.3, -0.25) is 15.0 Å². The molecule has 1 saturated heterocycles. The molecule has 0 aromatic rings. The number of carbonyl (C=O) groups excluding carboxylic acids is 3. The average Bonchev–Trinajstić information content (AvgIpc) is 2.97. The van der Waals surface area contributed by atoms with Gasteiger partial charge in [-0.25, -0.2) is 4.79 Å². The molecule has 1 heterocycles. The lowest BCUT2D eigenvalue weighted by Gasteiger charge is -2.33. The highest BCUT2D eigenvalue weighted by Gasteiger charge is 2.61. The molecule has 3 rings (SSSR count). The van der Waals surface area contributed by atoms with Crippen molar-refractivity contribution in [3.8, 4) is 0 Å². The first-order chi connectivity index (χ1) is 11.6. The molecule has 0 aromatic carbocycles. The Labute approximate surface area is 149 Å². The van der Waals surface area contributed by atoms with E-state index in [4.69, 9.17) is 0 Å². The van der Waals surface area contributed by atoms with Crippen molar-refractivity contribution in [2.75, 3.05) is 0 Å². The van der Waals surface area contributed by atoms with Gasteiger partial charge in [-0.05, 0) is 56.8 Å². The van der Waals surface area contributed by atoms with Gasteiger partial charge in [0.15, 0.2) is 0 Å². The van der Waals surface area contributed by atoms with Crippen molar-refractivity contribution >= 4 is 17.8 Å². The molecule has 138 valence electrons. The molecule has 2 N–H and O–H groups in total. The molecular formula is C19H29N3O3. The van der Waals surface area contributed by atoms with Crippen LogP contribution >= 0.6 is 0 Å². The summed E-state index contributed by atoms with van der Waals surface area (Å²) in [6, 6.07) is -0.509. The van der Waals surface area contributed by atoms with Gasteiger partial charge >= 0.3 is 6.03 Å². The third-order valence-corrected chi connectivity index (χ3v) is 6.22. The third-order valence-electron chi connectivity index (χ3n) is 6.22. The van der Waals surface area contributed by atoms with Crippen molar-refractivity contribution in [2.45, 2.75) is 65.8 Å². The van der Waals surface area contributed by atoms with Crippen LogP contribution in [0.15, 0.2) is 11.6 Å². The van der Waals surface area contributed by atoms with Crippen molar-refractivity contribution in [3.63, 3.8) is 0 Å². The maximum Gasteiger partial charge on any atom is 0.344 e. The Morgan fingerprint density at radius 3 is 2.40 bits per heavy atom. The summed E-state index contributed by atoms with van der Waals surface area (Å²) in [5.41, 5.74) is 2.77. The Bertz CT molecular complexity index is 640. The number of urea groups is 1. The fourth-order valence-corrected chi connectivity index (χ4v) is 4.34. The molecule has 25 heavy (non-hydrogen) atoms. The van der Waals surface area contributed by atoms with Gasteiger partial charge in [-0.15, -0.1) is 0 Å². The van der Waals surface area contributed by atoms with Crippen LogP contribution in [0.2, 0.25) is 0 Å². The first kappa shape index (κ1) is 18.0. The predicted molar refractivity (Wildman–Crippen MR) is 94.1 cm³/mol. The third kappa shape index (κ3) is 2.96. The second-order valence-corrected chi connectivity index (χ2v) is 8.88. The molecule has 1 spiro atoms. The van der Waals surface area contributed by atoms with Crippen molar-refractivity contribution in [1.29, 1.82) is 0 Å². The summed E-state index contributed by atoms with van der Waals surface area (Å²) in [6.07, 6.45) is 5.19. The lowest BCUT2D eigenvalue weighted by Crippen LogP contribution is -2.52. The van der Waals surface area contributed by atoms with Crippen LogP contribution in [0.5, 0.6) is 0 Å². The molecule has 2 atom stereocenters. The summed E-state index contributed by atoms with van der Waals surface area (Å²) in [5, 5.41) is 3.74. The second kappa shape index (κ2) is 5.85. The molecular weight excluding hydrogens is 318 g/mol. The lowest BCUT2D eigenvalue weighted by molar-refractivity contribution is -0.140. The topological polar surface area (TPSA) is 78.5 Å². The predicted octanol–water partition coefficient (Wildman–Crippen LogP) is 2.76. The summed E-state index contributed by atoms with van der Waals surface area (Å²) < 4.78 is 0.